The van der Waals surface area contributed by atoms with Crippen LogP contribution in [0.15, 0.2) is 6.20 Å². The van der Waals surface area contributed by atoms with Gasteiger partial charge in [0, 0.05) is 31.3 Å². The van der Waals surface area contributed by atoms with Crippen LogP contribution in [0.3, 0.4) is 0 Å². The van der Waals surface area contributed by atoms with Crippen molar-refractivity contribution in [2.45, 2.75) is 33.1 Å². The molecular formula is C12H17N3O. The van der Waals surface area contributed by atoms with Crippen molar-refractivity contribution in [1.29, 1.82) is 0 Å². The molecule has 1 saturated heterocycles. The number of aryl methyl sites for hydroxylation is 1. The number of rotatable bonds is 3. The molecule has 4 heteroatoms. The number of hydrogen-bond acceptors (Lipinski definition) is 4. The zero-order valence-corrected chi connectivity index (χ0v) is 9.86. The molecule has 0 spiro atoms. The fraction of sp³-hybridized carbons (Fsp3) is 0.583. The molecule has 1 aromatic rings. The van der Waals surface area contributed by atoms with Gasteiger partial charge in [0.05, 0.1) is 0 Å². The standard InChI is InChI=1S/C12H17N3O/c1-9(16)7-11-8-13-10(2)14-12(11)15-5-3-4-6-15/h8H,3-7H2,1-2H3. The van der Waals surface area contributed by atoms with Crippen LogP contribution in [0.5, 0.6) is 0 Å². The Morgan fingerprint density at radius 3 is 2.75 bits per heavy atom. The van der Waals surface area contributed by atoms with Crippen LogP contribution in [0.1, 0.15) is 31.2 Å². The molecule has 2 heterocycles. The Morgan fingerprint density at radius 2 is 2.12 bits per heavy atom. The summed E-state index contributed by atoms with van der Waals surface area (Å²) in [4.78, 5) is 22.1. The van der Waals surface area contributed by atoms with Crippen molar-refractivity contribution in [3.05, 3.63) is 17.6 Å². The van der Waals surface area contributed by atoms with Crippen LogP contribution >= 0.6 is 0 Å². The van der Waals surface area contributed by atoms with Crippen molar-refractivity contribution < 1.29 is 4.79 Å². The third kappa shape index (κ3) is 2.38. The fourth-order valence-corrected chi connectivity index (χ4v) is 2.08. The van der Waals surface area contributed by atoms with Crippen LogP contribution in [-0.4, -0.2) is 28.8 Å². The third-order valence-corrected chi connectivity index (χ3v) is 2.81. The van der Waals surface area contributed by atoms with Gasteiger partial charge in [0.15, 0.2) is 0 Å². The van der Waals surface area contributed by atoms with E-state index in [9.17, 15) is 4.79 Å². The summed E-state index contributed by atoms with van der Waals surface area (Å²) in [5.41, 5.74) is 0.958. The Morgan fingerprint density at radius 1 is 1.44 bits per heavy atom. The summed E-state index contributed by atoms with van der Waals surface area (Å²) >= 11 is 0. The molecule has 86 valence electrons. The molecule has 0 aliphatic carbocycles. The molecule has 1 aromatic heterocycles. The Balaban J connectivity index is 2.31. The van der Waals surface area contributed by atoms with E-state index in [-0.39, 0.29) is 5.78 Å². The highest BCUT2D eigenvalue weighted by atomic mass is 16.1. The maximum Gasteiger partial charge on any atom is 0.135 e. The molecule has 1 aliphatic heterocycles. The molecule has 0 saturated carbocycles. The first-order valence-corrected chi connectivity index (χ1v) is 5.73. The lowest BCUT2D eigenvalue weighted by Crippen LogP contribution is -2.22. The van der Waals surface area contributed by atoms with Crippen LogP contribution in [0.2, 0.25) is 0 Å². The molecule has 1 aliphatic rings. The zero-order chi connectivity index (χ0) is 11.5. The summed E-state index contributed by atoms with van der Waals surface area (Å²) in [7, 11) is 0. The number of Topliss-reactive ketones (excluding diaryl/α,β-unsaturated/α-hetero) is 1. The summed E-state index contributed by atoms with van der Waals surface area (Å²) in [6.07, 6.45) is 4.65. The maximum atomic E-state index is 11.2. The summed E-state index contributed by atoms with van der Waals surface area (Å²) in [6, 6.07) is 0. The number of aromatic nitrogens is 2. The van der Waals surface area contributed by atoms with Crippen LogP contribution in [-0.2, 0) is 11.2 Å². The van der Waals surface area contributed by atoms with Crippen molar-refractivity contribution in [2.24, 2.45) is 0 Å². The normalized spacial score (nSPS) is 15.5. The van der Waals surface area contributed by atoms with E-state index in [1.807, 2.05) is 6.92 Å². The SMILES string of the molecule is CC(=O)Cc1cnc(C)nc1N1CCCC1. The summed E-state index contributed by atoms with van der Waals surface area (Å²) in [5, 5.41) is 0. The molecule has 0 atom stereocenters. The first-order valence-electron chi connectivity index (χ1n) is 5.73. The van der Waals surface area contributed by atoms with Gasteiger partial charge in [-0.1, -0.05) is 0 Å². The van der Waals surface area contributed by atoms with Crippen molar-refractivity contribution in [2.75, 3.05) is 18.0 Å². The average molecular weight is 219 g/mol. The number of hydrogen-bond donors (Lipinski definition) is 0. The van der Waals surface area contributed by atoms with Crippen LogP contribution in [0, 0.1) is 6.92 Å². The van der Waals surface area contributed by atoms with Gasteiger partial charge in [-0.2, -0.15) is 0 Å². The van der Waals surface area contributed by atoms with E-state index < -0.39 is 0 Å². The average Bonchev–Trinajstić information content (AvgIpc) is 2.73. The number of ketones is 1. The first kappa shape index (κ1) is 11.0. The smallest absolute Gasteiger partial charge is 0.135 e. The molecule has 0 N–H and O–H groups in total. The highest BCUT2D eigenvalue weighted by molar-refractivity contribution is 5.79. The second-order valence-electron chi connectivity index (χ2n) is 4.34. The van der Waals surface area contributed by atoms with Crippen molar-refractivity contribution in [3.8, 4) is 0 Å². The van der Waals surface area contributed by atoms with E-state index >= 15 is 0 Å². The number of anilines is 1. The van der Waals surface area contributed by atoms with E-state index in [1.165, 1.54) is 12.8 Å². The Bertz CT molecular complexity index is 397. The van der Waals surface area contributed by atoms with Crippen molar-refractivity contribution in [1.82, 2.24) is 9.97 Å². The molecule has 0 aromatic carbocycles. The second-order valence-corrected chi connectivity index (χ2v) is 4.34. The topological polar surface area (TPSA) is 46.1 Å². The third-order valence-electron chi connectivity index (χ3n) is 2.81. The van der Waals surface area contributed by atoms with Crippen molar-refractivity contribution in [3.63, 3.8) is 0 Å². The van der Waals surface area contributed by atoms with E-state index in [0.717, 1.165) is 30.3 Å². The van der Waals surface area contributed by atoms with Gasteiger partial charge in [-0.25, -0.2) is 9.97 Å². The highest BCUT2D eigenvalue weighted by Gasteiger charge is 2.18. The summed E-state index contributed by atoms with van der Waals surface area (Å²) < 4.78 is 0. The van der Waals surface area contributed by atoms with Gasteiger partial charge in [-0.3, -0.25) is 4.79 Å². The van der Waals surface area contributed by atoms with Gasteiger partial charge in [-0.05, 0) is 26.7 Å². The lowest BCUT2D eigenvalue weighted by molar-refractivity contribution is -0.116. The number of carbonyl (C=O) groups excluding carboxylic acids is 1. The molecular weight excluding hydrogens is 202 g/mol. The Labute approximate surface area is 95.7 Å². The van der Waals surface area contributed by atoms with Gasteiger partial charge in [0.25, 0.3) is 0 Å². The van der Waals surface area contributed by atoms with E-state index in [4.69, 9.17) is 0 Å². The molecule has 0 amide bonds. The monoisotopic (exact) mass is 219 g/mol. The van der Waals surface area contributed by atoms with E-state index in [1.54, 1.807) is 13.1 Å². The molecule has 2 rings (SSSR count). The lowest BCUT2D eigenvalue weighted by atomic mass is 10.1. The molecule has 0 bridgehead atoms. The fourth-order valence-electron chi connectivity index (χ4n) is 2.08. The Hall–Kier alpha value is -1.45. The van der Waals surface area contributed by atoms with Gasteiger partial charge in [0.2, 0.25) is 0 Å². The predicted octanol–water partition coefficient (Wildman–Crippen LogP) is 1.52. The summed E-state index contributed by atoms with van der Waals surface area (Å²) in [5.74, 6) is 1.89. The van der Waals surface area contributed by atoms with E-state index in [0.29, 0.717) is 6.42 Å². The first-order chi connectivity index (χ1) is 7.66. The lowest BCUT2D eigenvalue weighted by Gasteiger charge is -2.19. The van der Waals surface area contributed by atoms with Crippen LogP contribution in [0.4, 0.5) is 5.82 Å². The molecule has 4 nitrogen and oxygen atoms in total. The van der Waals surface area contributed by atoms with Gasteiger partial charge >= 0.3 is 0 Å². The minimum Gasteiger partial charge on any atom is -0.356 e. The number of carbonyl (C=O) groups is 1. The van der Waals surface area contributed by atoms with E-state index in [2.05, 4.69) is 14.9 Å². The predicted molar refractivity (Wildman–Crippen MR) is 62.6 cm³/mol. The van der Waals surface area contributed by atoms with Gasteiger partial charge < -0.3 is 4.90 Å². The maximum absolute atomic E-state index is 11.2. The Kier molecular flexibility index (Phi) is 3.17. The second kappa shape index (κ2) is 4.60. The summed E-state index contributed by atoms with van der Waals surface area (Å²) in [6.45, 7) is 5.58. The molecule has 1 fully saturated rings. The van der Waals surface area contributed by atoms with Gasteiger partial charge in [-0.15, -0.1) is 0 Å². The molecule has 0 unspecified atom stereocenters. The van der Waals surface area contributed by atoms with Gasteiger partial charge in [0.1, 0.15) is 17.4 Å². The molecule has 0 radical (unpaired) electrons. The number of nitrogens with zero attached hydrogens (tertiary/aromatic N) is 3. The highest BCUT2D eigenvalue weighted by Crippen LogP contribution is 2.22. The van der Waals surface area contributed by atoms with Crippen LogP contribution < -0.4 is 4.90 Å². The largest absolute Gasteiger partial charge is 0.356 e. The minimum absolute atomic E-state index is 0.160. The zero-order valence-electron chi connectivity index (χ0n) is 9.86. The van der Waals surface area contributed by atoms with Crippen molar-refractivity contribution >= 4 is 11.6 Å². The molecule has 16 heavy (non-hydrogen) atoms. The minimum atomic E-state index is 0.160. The van der Waals surface area contributed by atoms with Crippen LogP contribution in [0.25, 0.3) is 0 Å². The quantitative estimate of drug-likeness (QED) is 0.773.